The smallest absolute Gasteiger partial charge is 0.350 e. The minimum atomic E-state index is -1.94. The van der Waals surface area contributed by atoms with Crippen molar-refractivity contribution in [2.24, 2.45) is 11.5 Å². The normalized spacial score (nSPS) is 10.9. The molecule has 0 aromatic carbocycles. The van der Waals surface area contributed by atoms with Crippen LogP contribution in [0.2, 0.25) is 0 Å². The molecule has 0 aromatic rings. The second-order valence-electron chi connectivity index (χ2n) is 2.46. The summed E-state index contributed by atoms with van der Waals surface area (Å²) in [6.07, 6.45) is 2.14. The topological polar surface area (TPSA) is 130 Å². The van der Waals surface area contributed by atoms with Crippen molar-refractivity contribution in [1.82, 2.24) is 0 Å². The molecule has 0 heterocycles. The average Bonchev–Trinajstić information content (AvgIpc) is 2.12. The molecule has 0 bridgehead atoms. The zero-order valence-electron chi connectivity index (χ0n) is 8.04. The van der Waals surface area contributed by atoms with Gasteiger partial charge in [-0.15, -0.1) is 0 Å². The van der Waals surface area contributed by atoms with Gasteiger partial charge in [0, 0.05) is 12.6 Å². The van der Waals surface area contributed by atoms with Gasteiger partial charge in [0.05, 0.1) is 0 Å². The highest BCUT2D eigenvalue weighted by Gasteiger charge is 2.05. The first-order valence-corrected chi connectivity index (χ1v) is 7.06. The van der Waals surface area contributed by atoms with Crippen LogP contribution in [0.3, 0.4) is 0 Å². The Bertz CT molecular complexity index is 137. The van der Waals surface area contributed by atoms with Crippen molar-refractivity contribution in [1.29, 1.82) is 0 Å². The molecule has 86 valence electrons. The molecule has 0 spiro atoms. The van der Waals surface area contributed by atoms with E-state index in [-0.39, 0.29) is 0 Å². The Hall–Kier alpha value is 0.330. The quantitative estimate of drug-likeness (QED) is 0.408. The summed E-state index contributed by atoms with van der Waals surface area (Å²) in [6, 6.07) is 0. The molecule has 0 saturated heterocycles. The summed E-state index contributed by atoms with van der Waals surface area (Å²) in [5.74, 6) is 0. The fourth-order valence-corrected chi connectivity index (χ4v) is 1.38. The van der Waals surface area contributed by atoms with E-state index < -0.39 is 16.4 Å². The van der Waals surface area contributed by atoms with Crippen molar-refractivity contribution < 1.29 is 19.2 Å². The van der Waals surface area contributed by atoms with E-state index in [1.54, 1.807) is 0 Å². The number of nitrogens with two attached hydrogens (primary N) is 2. The van der Waals surface area contributed by atoms with Crippen LogP contribution in [-0.2, 0) is 4.57 Å². The van der Waals surface area contributed by atoms with Gasteiger partial charge in [-0.2, -0.15) is 4.89 Å². The average molecular weight is 245 g/mol. The van der Waals surface area contributed by atoms with Gasteiger partial charge in [-0.1, -0.05) is 0 Å². The predicted octanol–water partition coefficient (Wildman–Crippen LogP) is -0.298. The van der Waals surface area contributed by atoms with Crippen molar-refractivity contribution in [3.63, 3.8) is 0 Å². The van der Waals surface area contributed by atoms with E-state index in [1.807, 2.05) is 0 Å². The Morgan fingerprint density at radius 1 is 1.14 bits per heavy atom. The highest BCUT2D eigenvalue weighted by molar-refractivity contribution is 7.45. The molecule has 7 N–H and O–H groups in total. The maximum Gasteiger partial charge on any atom is 0.505 e. The molecule has 0 fully saturated rings. The van der Waals surface area contributed by atoms with Crippen LogP contribution in [0.1, 0.15) is 12.8 Å². The molecule has 8 heteroatoms. The third-order valence-corrected chi connectivity index (χ3v) is 2.53. The minimum absolute atomic E-state index is 0.339. The monoisotopic (exact) mass is 245 g/mol. The molecule has 0 aliphatic heterocycles. The van der Waals surface area contributed by atoms with Gasteiger partial charge in [-0.25, -0.2) is 0 Å². The van der Waals surface area contributed by atoms with E-state index in [2.05, 4.69) is 0 Å². The summed E-state index contributed by atoms with van der Waals surface area (Å²) >= 11 is 0. The van der Waals surface area contributed by atoms with Gasteiger partial charge >= 0.3 is 8.03 Å². The van der Waals surface area contributed by atoms with Crippen molar-refractivity contribution in [2.45, 2.75) is 12.8 Å². The zero-order valence-corrected chi connectivity index (χ0v) is 9.83. The van der Waals surface area contributed by atoms with Crippen LogP contribution in [0.15, 0.2) is 0 Å². The molecule has 0 rings (SSSR count). The van der Waals surface area contributed by atoms with Crippen LogP contribution in [-0.4, -0.2) is 40.1 Å². The van der Waals surface area contributed by atoms with Crippen molar-refractivity contribution in [3.05, 3.63) is 0 Å². The minimum Gasteiger partial charge on any atom is -0.350 e. The summed E-state index contributed by atoms with van der Waals surface area (Å²) in [6.45, 7) is 1.04. The second kappa shape index (κ2) is 13.3. The van der Waals surface area contributed by atoms with Crippen molar-refractivity contribution in [3.8, 4) is 0 Å². The molecule has 0 aliphatic carbocycles. The van der Waals surface area contributed by atoms with Crippen LogP contribution in [0, 0.1) is 0 Å². The van der Waals surface area contributed by atoms with Gasteiger partial charge < -0.3 is 21.3 Å². The van der Waals surface area contributed by atoms with Crippen LogP contribution < -0.4 is 11.5 Å². The SMILES string of the molecule is NCCCP(O)O.NCCC[P+](=O)O. The van der Waals surface area contributed by atoms with E-state index in [4.69, 9.17) is 26.1 Å². The number of hydrogen-bond acceptors (Lipinski definition) is 5. The first-order valence-electron chi connectivity index (χ1n) is 4.23. The Morgan fingerprint density at radius 2 is 1.64 bits per heavy atom. The molecule has 6 nitrogen and oxygen atoms in total. The third kappa shape index (κ3) is 22.8. The van der Waals surface area contributed by atoms with E-state index in [1.165, 1.54) is 0 Å². The first kappa shape index (κ1) is 16.7. The van der Waals surface area contributed by atoms with Gasteiger partial charge in [0.1, 0.15) is 0 Å². The number of hydrogen-bond donors (Lipinski definition) is 5. The summed E-state index contributed by atoms with van der Waals surface area (Å²) in [7, 11) is -3.62. The molecule has 1 unspecified atom stereocenters. The summed E-state index contributed by atoms with van der Waals surface area (Å²) in [5.41, 5.74) is 10.1. The van der Waals surface area contributed by atoms with Crippen molar-refractivity contribution in [2.75, 3.05) is 25.4 Å². The maximum atomic E-state index is 9.85. The largest absolute Gasteiger partial charge is 0.505 e. The Kier molecular flexibility index (Phi) is 15.9. The molecule has 0 radical (unpaired) electrons. The molecule has 14 heavy (non-hydrogen) atoms. The molecular weight excluding hydrogens is 226 g/mol. The molecular formula is C6H19N2O4P2+. The number of rotatable bonds is 6. The van der Waals surface area contributed by atoms with Gasteiger partial charge in [0.15, 0.2) is 14.5 Å². The summed E-state index contributed by atoms with van der Waals surface area (Å²) < 4.78 is 9.85. The molecule has 0 saturated carbocycles. The fraction of sp³-hybridized carbons (Fsp3) is 1.00. The Labute approximate surface area is 86.1 Å². The molecule has 1 atom stereocenters. The molecule has 0 aromatic heterocycles. The maximum absolute atomic E-state index is 9.85. The van der Waals surface area contributed by atoms with Gasteiger partial charge in [0.25, 0.3) is 0 Å². The first-order chi connectivity index (χ1) is 6.54. The van der Waals surface area contributed by atoms with E-state index in [0.717, 1.165) is 0 Å². The van der Waals surface area contributed by atoms with E-state index >= 15 is 0 Å². The van der Waals surface area contributed by atoms with E-state index in [9.17, 15) is 4.57 Å². The van der Waals surface area contributed by atoms with Crippen LogP contribution >= 0.6 is 16.4 Å². The second-order valence-corrected chi connectivity index (χ2v) is 4.80. The van der Waals surface area contributed by atoms with E-state index in [0.29, 0.717) is 38.3 Å². The Balaban J connectivity index is 0. The van der Waals surface area contributed by atoms with Crippen LogP contribution in [0.25, 0.3) is 0 Å². The Morgan fingerprint density at radius 3 is 1.79 bits per heavy atom. The highest BCUT2D eigenvalue weighted by atomic mass is 31.2. The van der Waals surface area contributed by atoms with Crippen molar-refractivity contribution >= 4 is 16.4 Å². The van der Waals surface area contributed by atoms with Gasteiger partial charge in [-0.05, 0) is 24.1 Å². The van der Waals surface area contributed by atoms with Gasteiger partial charge in [0.2, 0.25) is 0 Å². The lowest BCUT2D eigenvalue weighted by Crippen LogP contribution is -1.99. The molecule has 0 amide bonds. The fourth-order valence-electron chi connectivity index (χ4n) is 0.459. The van der Waals surface area contributed by atoms with Gasteiger partial charge in [-0.3, -0.25) is 0 Å². The van der Waals surface area contributed by atoms with Crippen LogP contribution in [0.4, 0.5) is 0 Å². The molecule has 0 aliphatic rings. The summed E-state index contributed by atoms with van der Waals surface area (Å²) in [4.78, 5) is 24.6. The lowest BCUT2D eigenvalue weighted by molar-refractivity contribution is 0.480. The standard InChI is InChI=1S/C3H10NO2P.C3H8NO2P/c2*4-2-1-3-7(5)6/h5-6H,1-4H2;1-4H2/p+1. The summed E-state index contributed by atoms with van der Waals surface area (Å²) in [5, 5.41) is 0. The zero-order chi connectivity index (χ0) is 11.4. The third-order valence-electron chi connectivity index (χ3n) is 1.12. The van der Waals surface area contributed by atoms with Crippen LogP contribution in [0.5, 0.6) is 0 Å². The highest BCUT2D eigenvalue weighted by Crippen LogP contribution is 2.22. The predicted molar refractivity (Wildman–Crippen MR) is 58.3 cm³/mol. The lowest BCUT2D eigenvalue weighted by atomic mass is 10.5. The lowest BCUT2D eigenvalue weighted by Gasteiger charge is -1.96.